The SMILES string of the molecule is COc1cc2c(C)cc3n[nH]c(=O)n3c2cc1-c1cccc(CN2CCCN(CCO)CC2)c1. The number of aliphatic hydroxyl groups excluding tert-OH is 1. The number of aryl methyl sites for hydroxylation is 1. The Hall–Kier alpha value is -3.20. The number of methoxy groups -OCH3 is 1. The van der Waals surface area contributed by atoms with Crippen molar-refractivity contribution in [1.82, 2.24) is 24.4 Å². The van der Waals surface area contributed by atoms with E-state index < -0.39 is 0 Å². The highest BCUT2D eigenvalue weighted by Crippen LogP contribution is 2.36. The molecule has 1 aliphatic heterocycles. The molecule has 1 saturated heterocycles. The van der Waals surface area contributed by atoms with Crippen molar-refractivity contribution in [3.05, 3.63) is 64.1 Å². The van der Waals surface area contributed by atoms with Crippen LogP contribution in [0.15, 0.2) is 47.3 Å². The molecule has 0 saturated carbocycles. The number of ether oxygens (including phenoxy) is 1. The molecule has 34 heavy (non-hydrogen) atoms. The average Bonchev–Trinajstić information content (AvgIpc) is 3.07. The maximum Gasteiger partial charge on any atom is 0.348 e. The van der Waals surface area contributed by atoms with Crippen LogP contribution in [-0.2, 0) is 6.54 Å². The van der Waals surface area contributed by atoms with Crippen molar-refractivity contribution in [3.63, 3.8) is 0 Å². The van der Waals surface area contributed by atoms with E-state index in [1.54, 1.807) is 11.5 Å². The predicted molar refractivity (Wildman–Crippen MR) is 133 cm³/mol. The van der Waals surface area contributed by atoms with Crippen molar-refractivity contribution < 1.29 is 9.84 Å². The Balaban J connectivity index is 1.50. The first-order valence-electron chi connectivity index (χ1n) is 11.8. The summed E-state index contributed by atoms with van der Waals surface area (Å²) in [6, 6.07) is 14.5. The number of β-amino-alcohol motifs (C(OH)–C–C–N with tert-alkyl or cyclic N) is 1. The van der Waals surface area contributed by atoms with Gasteiger partial charge in [0.25, 0.3) is 0 Å². The molecular formula is C26H31N5O3. The second kappa shape index (κ2) is 9.58. The zero-order chi connectivity index (χ0) is 23.7. The normalized spacial score (nSPS) is 15.7. The molecule has 2 N–H and O–H groups in total. The second-order valence-electron chi connectivity index (χ2n) is 9.01. The van der Waals surface area contributed by atoms with Crippen LogP contribution in [0.4, 0.5) is 0 Å². The largest absolute Gasteiger partial charge is 0.496 e. The fourth-order valence-corrected chi connectivity index (χ4v) is 5.02. The van der Waals surface area contributed by atoms with Crippen LogP contribution in [0.25, 0.3) is 27.7 Å². The van der Waals surface area contributed by atoms with Crippen LogP contribution in [0.5, 0.6) is 5.75 Å². The van der Waals surface area contributed by atoms with E-state index in [9.17, 15) is 9.90 Å². The molecule has 0 radical (unpaired) electrons. The smallest absolute Gasteiger partial charge is 0.348 e. The number of H-pyrrole nitrogens is 1. The predicted octanol–water partition coefficient (Wildman–Crippen LogP) is 2.66. The summed E-state index contributed by atoms with van der Waals surface area (Å²) in [5.74, 6) is 0.776. The lowest BCUT2D eigenvalue weighted by molar-refractivity contribution is 0.196. The van der Waals surface area contributed by atoms with Crippen LogP contribution in [0.1, 0.15) is 17.5 Å². The fraction of sp³-hybridized carbons (Fsp3) is 0.385. The molecule has 178 valence electrons. The van der Waals surface area contributed by atoms with Gasteiger partial charge in [-0.2, -0.15) is 5.10 Å². The third-order valence-electron chi connectivity index (χ3n) is 6.77. The van der Waals surface area contributed by atoms with Crippen molar-refractivity contribution in [3.8, 4) is 16.9 Å². The van der Waals surface area contributed by atoms with Crippen molar-refractivity contribution in [2.24, 2.45) is 0 Å². The summed E-state index contributed by atoms with van der Waals surface area (Å²) in [7, 11) is 1.68. The number of rotatable bonds is 6. The van der Waals surface area contributed by atoms with Crippen LogP contribution in [0, 0.1) is 6.92 Å². The maximum absolute atomic E-state index is 12.5. The van der Waals surface area contributed by atoms with Gasteiger partial charge in [0.15, 0.2) is 5.65 Å². The summed E-state index contributed by atoms with van der Waals surface area (Å²) in [5.41, 5.74) is 5.45. The Morgan fingerprint density at radius 3 is 2.74 bits per heavy atom. The second-order valence-corrected chi connectivity index (χ2v) is 9.01. The zero-order valence-electron chi connectivity index (χ0n) is 19.8. The van der Waals surface area contributed by atoms with Crippen molar-refractivity contribution in [2.75, 3.05) is 46.4 Å². The summed E-state index contributed by atoms with van der Waals surface area (Å²) in [6.07, 6.45) is 1.10. The molecule has 5 rings (SSSR count). The van der Waals surface area contributed by atoms with E-state index in [0.717, 1.165) is 79.0 Å². The Morgan fingerprint density at radius 1 is 1.09 bits per heavy atom. The van der Waals surface area contributed by atoms with Crippen molar-refractivity contribution in [1.29, 1.82) is 0 Å². The Labute approximate surface area is 198 Å². The lowest BCUT2D eigenvalue weighted by Gasteiger charge is -2.21. The molecule has 1 aliphatic rings. The molecular weight excluding hydrogens is 430 g/mol. The van der Waals surface area contributed by atoms with Crippen LogP contribution < -0.4 is 10.4 Å². The minimum atomic E-state index is -0.249. The first-order chi connectivity index (χ1) is 16.6. The lowest BCUT2D eigenvalue weighted by atomic mass is 9.98. The van der Waals surface area contributed by atoms with Crippen molar-refractivity contribution >= 4 is 16.6 Å². The van der Waals surface area contributed by atoms with Gasteiger partial charge in [0.1, 0.15) is 5.75 Å². The van der Waals surface area contributed by atoms with E-state index >= 15 is 0 Å². The Kier molecular flexibility index (Phi) is 6.36. The molecule has 0 bridgehead atoms. The van der Waals surface area contributed by atoms with Crippen LogP contribution in [-0.4, -0.2) is 75.9 Å². The summed E-state index contributed by atoms with van der Waals surface area (Å²) in [5, 5.41) is 16.9. The molecule has 8 nitrogen and oxygen atoms in total. The fourth-order valence-electron chi connectivity index (χ4n) is 5.02. The number of aliphatic hydroxyl groups is 1. The standard InChI is InChI=1S/C26H31N5O3/c1-18-13-25-27-28-26(33)31(25)23-15-22(24(34-2)16-21(18)23)20-6-3-5-19(14-20)17-30-8-4-7-29(9-10-30)11-12-32/h3,5-6,13-16,32H,4,7-12,17H2,1-2H3,(H,28,33). The van der Waals surface area contributed by atoms with Gasteiger partial charge in [0.2, 0.25) is 0 Å². The number of fused-ring (bicyclic) bond motifs is 3. The van der Waals surface area contributed by atoms with Gasteiger partial charge in [-0.3, -0.25) is 9.80 Å². The number of hydrogen-bond donors (Lipinski definition) is 2. The first kappa shape index (κ1) is 22.6. The average molecular weight is 462 g/mol. The van der Waals surface area contributed by atoms with Gasteiger partial charge in [0, 0.05) is 37.1 Å². The van der Waals surface area contributed by atoms with E-state index in [2.05, 4.69) is 44.3 Å². The van der Waals surface area contributed by atoms with Gasteiger partial charge in [0.05, 0.1) is 19.2 Å². The van der Waals surface area contributed by atoms with Crippen LogP contribution in [0.2, 0.25) is 0 Å². The molecule has 0 spiro atoms. The van der Waals surface area contributed by atoms with E-state index in [4.69, 9.17) is 4.74 Å². The van der Waals surface area contributed by atoms with Crippen molar-refractivity contribution in [2.45, 2.75) is 19.9 Å². The monoisotopic (exact) mass is 461 g/mol. The van der Waals surface area contributed by atoms with Gasteiger partial charge in [-0.25, -0.2) is 14.3 Å². The molecule has 2 aromatic heterocycles. The number of aromatic amines is 1. The van der Waals surface area contributed by atoms with Gasteiger partial charge < -0.3 is 9.84 Å². The minimum Gasteiger partial charge on any atom is -0.496 e. The van der Waals surface area contributed by atoms with E-state index in [0.29, 0.717) is 5.65 Å². The highest BCUT2D eigenvalue weighted by atomic mass is 16.5. The molecule has 1 fully saturated rings. The lowest BCUT2D eigenvalue weighted by Crippen LogP contribution is -2.32. The minimum absolute atomic E-state index is 0.215. The number of hydrogen-bond acceptors (Lipinski definition) is 6. The van der Waals surface area contributed by atoms with Gasteiger partial charge >= 0.3 is 5.69 Å². The Morgan fingerprint density at radius 2 is 1.91 bits per heavy atom. The number of nitrogens with zero attached hydrogens (tertiary/aromatic N) is 4. The number of benzene rings is 2. The maximum atomic E-state index is 12.5. The molecule has 3 heterocycles. The summed E-state index contributed by atoms with van der Waals surface area (Å²) >= 11 is 0. The first-order valence-corrected chi connectivity index (χ1v) is 11.8. The number of nitrogens with one attached hydrogen (secondary N) is 1. The summed E-state index contributed by atoms with van der Waals surface area (Å²) in [6.45, 7) is 7.91. The number of aromatic nitrogens is 3. The topological polar surface area (TPSA) is 86.1 Å². The quantitative estimate of drug-likeness (QED) is 0.459. The van der Waals surface area contributed by atoms with E-state index in [1.165, 1.54) is 5.56 Å². The highest BCUT2D eigenvalue weighted by Gasteiger charge is 2.17. The molecule has 0 atom stereocenters. The van der Waals surface area contributed by atoms with Gasteiger partial charge in [-0.1, -0.05) is 18.2 Å². The summed E-state index contributed by atoms with van der Waals surface area (Å²) in [4.78, 5) is 17.3. The van der Waals surface area contributed by atoms with Gasteiger partial charge in [-0.15, -0.1) is 0 Å². The highest BCUT2D eigenvalue weighted by molar-refractivity contribution is 5.92. The third kappa shape index (κ3) is 4.32. The molecule has 0 aliphatic carbocycles. The molecule has 0 unspecified atom stereocenters. The van der Waals surface area contributed by atoms with Gasteiger partial charge in [-0.05, 0) is 67.4 Å². The zero-order valence-corrected chi connectivity index (χ0v) is 19.8. The molecule has 8 heteroatoms. The molecule has 0 amide bonds. The number of pyridine rings is 1. The van der Waals surface area contributed by atoms with E-state index in [1.807, 2.05) is 25.1 Å². The van der Waals surface area contributed by atoms with Crippen LogP contribution >= 0.6 is 0 Å². The third-order valence-corrected chi connectivity index (χ3v) is 6.77. The molecule has 4 aromatic rings. The van der Waals surface area contributed by atoms with Crippen LogP contribution in [0.3, 0.4) is 0 Å². The summed E-state index contributed by atoms with van der Waals surface area (Å²) < 4.78 is 7.40. The molecule has 2 aromatic carbocycles. The van der Waals surface area contributed by atoms with E-state index in [-0.39, 0.29) is 12.3 Å². The Bertz CT molecular complexity index is 1380.